The highest BCUT2D eigenvalue weighted by Crippen LogP contribution is 2.35. The third-order valence-corrected chi connectivity index (χ3v) is 5.18. The smallest absolute Gasteiger partial charge is 0.266 e. The summed E-state index contributed by atoms with van der Waals surface area (Å²) in [5.41, 5.74) is 3.44. The van der Waals surface area contributed by atoms with Crippen LogP contribution < -0.4 is 14.8 Å². The first kappa shape index (κ1) is 22.1. The monoisotopic (exact) mass is 476 g/mol. The van der Waals surface area contributed by atoms with Crippen LogP contribution in [0.1, 0.15) is 16.7 Å². The molecule has 156 valence electrons. The second-order valence-corrected chi connectivity index (χ2v) is 7.64. The lowest BCUT2D eigenvalue weighted by atomic mass is 10.1. The van der Waals surface area contributed by atoms with E-state index in [2.05, 4.69) is 21.2 Å². The molecule has 0 aliphatic carbocycles. The van der Waals surface area contributed by atoms with Crippen LogP contribution in [0, 0.1) is 18.3 Å². The Morgan fingerprint density at radius 1 is 1.10 bits per heavy atom. The van der Waals surface area contributed by atoms with Gasteiger partial charge in [-0.25, -0.2) is 0 Å². The molecule has 0 atom stereocenters. The number of nitriles is 1. The number of halogens is 1. The van der Waals surface area contributed by atoms with Gasteiger partial charge in [-0.2, -0.15) is 5.26 Å². The predicted molar refractivity (Wildman–Crippen MR) is 125 cm³/mol. The summed E-state index contributed by atoms with van der Waals surface area (Å²) in [6.07, 6.45) is 1.51. The molecule has 0 saturated carbocycles. The summed E-state index contributed by atoms with van der Waals surface area (Å²) in [6.45, 7) is 2.42. The van der Waals surface area contributed by atoms with Gasteiger partial charge >= 0.3 is 0 Å². The van der Waals surface area contributed by atoms with Crippen LogP contribution in [0.3, 0.4) is 0 Å². The molecule has 0 fully saturated rings. The van der Waals surface area contributed by atoms with Crippen LogP contribution in [0.5, 0.6) is 11.5 Å². The highest BCUT2D eigenvalue weighted by molar-refractivity contribution is 9.10. The van der Waals surface area contributed by atoms with Crippen LogP contribution in [0.15, 0.2) is 76.8 Å². The molecule has 0 heterocycles. The molecule has 3 aromatic carbocycles. The zero-order valence-corrected chi connectivity index (χ0v) is 18.8. The molecule has 0 saturated heterocycles. The van der Waals surface area contributed by atoms with Crippen molar-refractivity contribution in [1.82, 2.24) is 0 Å². The minimum absolute atomic E-state index is 0.0278. The Morgan fingerprint density at radius 3 is 2.45 bits per heavy atom. The van der Waals surface area contributed by atoms with Crippen LogP contribution in [0.4, 0.5) is 5.69 Å². The van der Waals surface area contributed by atoms with Gasteiger partial charge in [0.25, 0.3) is 5.91 Å². The molecule has 3 rings (SSSR count). The molecule has 0 aromatic heterocycles. The van der Waals surface area contributed by atoms with E-state index in [0.717, 1.165) is 5.56 Å². The number of hydrogen-bond donors (Lipinski definition) is 1. The Balaban J connectivity index is 1.81. The van der Waals surface area contributed by atoms with Crippen molar-refractivity contribution in [3.05, 3.63) is 93.5 Å². The van der Waals surface area contributed by atoms with Crippen molar-refractivity contribution < 1.29 is 14.3 Å². The number of anilines is 1. The van der Waals surface area contributed by atoms with E-state index in [1.165, 1.54) is 11.6 Å². The minimum atomic E-state index is -0.487. The zero-order valence-electron chi connectivity index (χ0n) is 17.2. The number of methoxy groups -OCH3 is 1. The maximum absolute atomic E-state index is 12.5. The number of hydrogen-bond acceptors (Lipinski definition) is 4. The van der Waals surface area contributed by atoms with Gasteiger partial charge in [-0.05, 0) is 48.4 Å². The van der Waals surface area contributed by atoms with Gasteiger partial charge in [0, 0.05) is 10.2 Å². The van der Waals surface area contributed by atoms with Crippen molar-refractivity contribution >= 4 is 33.6 Å². The predicted octanol–water partition coefficient (Wildman–Crippen LogP) is 5.89. The molecule has 1 N–H and O–H groups in total. The Bertz CT molecular complexity index is 1130. The molecule has 0 aliphatic heterocycles. The van der Waals surface area contributed by atoms with Gasteiger partial charge in [0.1, 0.15) is 18.2 Å². The van der Waals surface area contributed by atoms with E-state index in [9.17, 15) is 10.1 Å². The third-order valence-electron chi connectivity index (χ3n) is 4.49. The molecule has 31 heavy (non-hydrogen) atoms. The third kappa shape index (κ3) is 5.97. The Hall–Kier alpha value is -3.56. The van der Waals surface area contributed by atoms with Crippen molar-refractivity contribution in [3.63, 3.8) is 0 Å². The van der Waals surface area contributed by atoms with Gasteiger partial charge in [-0.15, -0.1) is 0 Å². The number of aryl methyl sites for hydroxylation is 1. The van der Waals surface area contributed by atoms with Crippen LogP contribution in [0.25, 0.3) is 6.08 Å². The maximum Gasteiger partial charge on any atom is 0.266 e. The quantitative estimate of drug-likeness (QED) is 0.340. The highest BCUT2D eigenvalue weighted by Gasteiger charge is 2.14. The fraction of sp³-hybridized carbons (Fsp3) is 0.120. The highest BCUT2D eigenvalue weighted by atomic mass is 79.9. The van der Waals surface area contributed by atoms with Crippen molar-refractivity contribution in [3.8, 4) is 17.6 Å². The molecule has 0 bridgehead atoms. The molecule has 6 heteroatoms. The standard InChI is InChI=1S/C25H21BrN2O3/c1-17-8-10-18(11-9-17)16-31-24-14-22(26)19(13-23(24)30-2)12-20(15-27)25(29)28-21-6-4-3-5-7-21/h3-14H,16H2,1-2H3,(H,28,29)/b20-12-. The van der Waals surface area contributed by atoms with Gasteiger partial charge < -0.3 is 14.8 Å². The molecule has 0 spiro atoms. The Morgan fingerprint density at radius 2 is 1.81 bits per heavy atom. The number of benzene rings is 3. The molecule has 1 amide bonds. The molecule has 3 aromatic rings. The van der Waals surface area contributed by atoms with Crippen molar-refractivity contribution in [2.24, 2.45) is 0 Å². The summed E-state index contributed by atoms with van der Waals surface area (Å²) < 4.78 is 12.1. The first-order chi connectivity index (χ1) is 15.0. The second kappa shape index (κ2) is 10.5. The lowest BCUT2D eigenvalue weighted by molar-refractivity contribution is -0.112. The molecular formula is C25H21BrN2O3. The number of carbonyl (C=O) groups excluding carboxylic acids is 1. The van der Waals surface area contributed by atoms with Crippen LogP contribution in [-0.2, 0) is 11.4 Å². The maximum atomic E-state index is 12.5. The summed E-state index contributed by atoms with van der Waals surface area (Å²) in [5.74, 6) is 0.570. The van der Waals surface area contributed by atoms with E-state index < -0.39 is 5.91 Å². The number of nitrogens with one attached hydrogen (secondary N) is 1. The summed E-state index contributed by atoms with van der Waals surface area (Å²) in [4.78, 5) is 12.5. The first-order valence-electron chi connectivity index (χ1n) is 9.54. The zero-order chi connectivity index (χ0) is 22.2. The summed E-state index contributed by atoms with van der Waals surface area (Å²) >= 11 is 3.50. The number of para-hydroxylation sites is 1. The van der Waals surface area contributed by atoms with E-state index in [4.69, 9.17) is 9.47 Å². The van der Waals surface area contributed by atoms with Gasteiger partial charge in [-0.1, -0.05) is 64.0 Å². The van der Waals surface area contributed by atoms with Gasteiger partial charge in [-0.3, -0.25) is 4.79 Å². The van der Waals surface area contributed by atoms with Gasteiger partial charge in [0.05, 0.1) is 7.11 Å². The SMILES string of the molecule is COc1cc(/C=C(/C#N)C(=O)Nc2ccccc2)c(Br)cc1OCc1ccc(C)cc1. The molecular weight excluding hydrogens is 456 g/mol. The van der Waals surface area contributed by atoms with Crippen LogP contribution in [0.2, 0.25) is 0 Å². The van der Waals surface area contributed by atoms with E-state index in [-0.39, 0.29) is 5.57 Å². The summed E-state index contributed by atoms with van der Waals surface area (Å²) in [5, 5.41) is 12.2. The topological polar surface area (TPSA) is 71.3 Å². The number of ether oxygens (including phenoxy) is 2. The van der Waals surface area contributed by atoms with E-state index in [1.54, 1.807) is 31.4 Å². The van der Waals surface area contributed by atoms with Crippen LogP contribution >= 0.6 is 15.9 Å². The Labute approximate surface area is 190 Å². The van der Waals surface area contributed by atoms with Crippen molar-refractivity contribution in [1.29, 1.82) is 5.26 Å². The number of nitrogens with zero attached hydrogens (tertiary/aromatic N) is 1. The van der Waals surface area contributed by atoms with E-state index in [1.807, 2.05) is 55.5 Å². The van der Waals surface area contributed by atoms with Crippen molar-refractivity contribution in [2.45, 2.75) is 13.5 Å². The lowest BCUT2D eigenvalue weighted by Gasteiger charge is -2.13. The van der Waals surface area contributed by atoms with Crippen LogP contribution in [-0.4, -0.2) is 13.0 Å². The van der Waals surface area contributed by atoms with Gasteiger partial charge in [0.2, 0.25) is 0 Å². The molecule has 5 nitrogen and oxygen atoms in total. The van der Waals surface area contributed by atoms with E-state index >= 15 is 0 Å². The lowest BCUT2D eigenvalue weighted by Crippen LogP contribution is -2.13. The van der Waals surface area contributed by atoms with E-state index in [0.29, 0.717) is 33.8 Å². The number of rotatable bonds is 7. The van der Waals surface area contributed by atoms with Gasteiger partial charge in [0.15, 0.2) is 11.5 Å². The minimum Gasteiger partial charge on any atom is -0.493 e. The molecule has 0 unspecified atom stereocenters. The number of carbonyl (C=O) groups is 1. The van der Waals surface area contributed by atoms with Crippen molar-refractivity contribution in [2.75, 3.05) is 12.4 Å². The fourth-order valence-electron chi connectivity index (χ4n) is 2.80. The average Bonchev–Trinajstić information content (AvgIpc) is 2.78. The second-order valence-electron chi connectivity index (χ2n) is 6.79. The first-order valence-corrected chi connectivity index (χ1v) is 10.3. The molecule has 0 radical (unpaired) electrons. The normalized spacial score (nSPS) is 10.8. The fourth-order valence-corrected chi connectivity index (χ4v) is 3.24. The average molecular weight is 477 g/mol. The Kier molecular flexibility index (Phi) is 7.47. The number of amides is 1. The molecule has 0 aliphatic rings. The summed E-state index contributed by atoms with van der Waals surface area (Å²) in [7, 11) is 1.54. The summed E-state index contributed by atoms with van der Waals surface area (Å²) in [6, 6.07) is 22.5. The largest absolute Gasteiger partial charge is 0.493 e.